The Morgan fingerprint density at radius 3 is 1.31 bits per heavy atom. The van der Waals surface area contributed by atoms with Crippen molar-refractivity contribution in [2.45, 2.75) is 143 Å². The number of rotatable bonds is 20. The number of unbranched alkanes of at least 4 members (excludes halogenated alkanes) is 17. The van der Waals surface area contributed by atoms with E-state index in [9.17, 15) is 0 Å². The van der Waals surface area contributed by atoms with Gasteiger partial charge in [0.25, 0.3) is 0 Å². The minimum absolute atomic E-state index is 0.649. The van der Waals surface area contributed by atoms with Crippen LogP contribution < -0.4 is 16.2 Å². The van der Waals surface area contributed by atoms with Gasteiger partial charge in [-0.05, 0) is 18.6 Å². The molecule has 0 saturated carbocycles. The Kier molecular flexibility index (Phi) is 23.2. The molecule has 0 aromatic heterocycles. The van der Waals surface area contributed by atoms with Crippen molar-refractivity contribution < 1.29 is 4.74 Å². The van der Waals surface area contributed by atoms with E-state index >= 15 is 0 Å². The van der Waals surface area contributed by atoms with E-state index in [1.165, 1.54) is 116 Å². The molecule has 3 nitrogen and oxygen atoms in total. The predicted octanol–water partition coefficient (Wildman–Crippen LogP) is 9.69. The number of hydrogen-bond acceptors (Lipinski definition) is 3. The second kappa shape index (κ2) is 24.3. The van der Waals surface area contributed by atoms with Crippen LogP contribution in [0.25, 0.3) is 0 Å². The molecule has 0 spiro atoms. The summed E-state index contributed by atoms with van der Waals surface area (Å²) in [5.74, 6) is 0.695. The topological polar surface area (TPSA) is 61.3 Å². The molecule has 0 atom stereocenters. The predicted molar refractivity (Wildman–Crippen MR) is 146 cm³/mol. The molecule has 188 valence electrons. The van der Waals surface area contributed by atoms with Crippen LogP contribution in [0.5, 0.6) is 5.75 Å². The summed E-state index contributed by atoms with van der Waals surface area (Å²) < 4.78 is 5.51. The fraction of sp³-hybridized carbons (Fsp3) is 0.793. The number of ether oxygens (including phenoxy) is 1. The van der Waals surface area contributed by atoms with Crippen molar-refractivity contribution >= 4 is 11.4 Å². The lowest BCUT2D eigenvalue weighted by molar-refractivity contribution is 0.308. The Morgan fingerprint density at radius 2 is 0.906 bits per heavy atom. The minimum atomic E-state index is 0.649. The molecule has 0 radical (unpaired) electrons. The number of nitrogens with two attached hydrogens (primary N) is 2. The van der Waals surface area contributed by atoms with Crippen LogP contribution in [0.1, 0.15) is 143 Å². The minimum Gasteiger partial charge on any atom is -0.491 e. The average Bonchev–Trinajstić information content (AvgIpc) is 2.79. The quantitative estimate of drug-likeness (QED) is 0.154. The van der Waals surface area contributed by atoms with E-state index in [4.69, 9.17) is 16.2 Å². The molecule has 0 saturated heterocycles. The summed E-state index contributed by atoms with van der Waals surface area (Å²) in [6.07, 6.45) is 26.8. The Morgan fingerprint density at radius 1 is 0.531 bits per heavy atom. The molecule has 1 rings (SSSR count). The van der Waals surface area contributed by atoms with Crippen molar-refractivity contribution in [2.24, 2.45) is 0 Å². The van der Waals surface area contributed by atoms with E-state index in [0.29, 0.717) is 23.7 Å². The molecule has 1 aromatic rings. The van der Waals surface area contributed by atoms with Gasteiger partial charge in [-0.15, -0.1) is 0 Å². The summed E-state index contributed by atoms with van der Waals surface area (Å²) >= 11 is 0. The van der Waals surface area contributed by atoms with Crippen molar-refractivity contribution in [3.05, 3.63) is 18.2 Å². The van der Waals surface area contributed by atoms with Crippen LogP contribution in [0.15, 0.2) is 18.2 Å². The zero-order valence-electron chi connectivity index (χ0n) is 21.9. The molecule has 1 aromatic carbocycles. The lowest BCUT2D eigenvalue weighted by Crippen LogP contribution is -2.01. The Bertz CT molecular complexity index is 488. The van der Waals surface area contributed by atoms with Gasteiger partial charge >= 0.3 is 0 Å². The standard InChI is InChI=1S/C18H38.C11H18N2O/c1-3-5-7-9-11-13-15-17-18-16-14-12-10-8-6-4-2;1-2-3-4-7-14-11-8-9(12)5-6-10(11)13/h3-18H2,1-2H3;5-6,8H,2-4,7,12-13H2,1H3. The Balaban J connectivity index is 0.000000618. The molecular formula is C29H56N2O. The van der Waals surface area contributed by atoms with Gasteiger partial charge in [0, 0.05) is 11.8 Å². The van der Waals surface area contributed by atoms with Gasteiger partial charge in [-0.1, -0.05) is 136 Å². The largest absolute Gasteiger partial charge is 0.491 e. The van der Waals surface area contributed by atoms with Crippen LogP contribution in [-0.4, -0.2) is 6.61 Å². The fourth-order valence-electron chi connectivity index (χ4n) is 3.83. The van der Waals surface area contributed by atoms with Crippen LogP contribution in [0, 0.1) is 0 Å². The smallest absolute Gasteiger partial charge is 0.144 e. The van der Waals surface area contributed by atoms with Gasteiger partial charge in [-0.3, -0.25) is 0 Å². The van der Waals surface area contributed by atoms with E-state index in [1.807, 2.05) is 0 Å². The first kappa shape index (κ1) is 30.6. The summed E-state index contributed by atoms with van der Waals surface area (Å²) in [4.78, 5) is 0. The molecule has 0 unspecified atom stereocenters. The third kappa shape index (κ3) is 20.5. The second-order valence-corrected chi connectivity index (χ2v) is 9.30. The molecule has 32 heavy (non-hydrogen) atoms. The highest BCUT2D eigenvalue weighted by Gasteiger charge is 2.00. The third-order valence-electron chi connectivity index (χ3n) is 6.00. The Hall–Kier alpha value is -1.38. The van der Waals surface area contributed by atoms with Crippen molar-refractivity contribution in [3.8, 4) is 5.75 Å². The molecule has 0 amide bonds. The fourth-order valence-corrected chi connectivity index (χ4v) is 3.83. The van der Waals surface area contributed by atoms with Crippen molar-refractivity contribution in [2.75, 3.05) is 18.1 Å². The van der Waals surface area contributed by atoms with E-state index in [1.54, 1.807) is 18.2 Å². The third-order valence-corrected chi connectivity index (χ3v) is 6.00. The first-order valence-corrected chi connectivity index (χ1v) is 13.9. The maximum atomic E-state index is 5.72. The van der Waals surface area contributed by atoms with Crippen LogP contribution in [0.3, 0.4) is 0 Å². The van der Waals surface area contributed by atoms with Gasteiger partial charge in [0.2, 0.25) is 0 Å². The van der Waals surface area contributed by atoms with Gasteiger partial charge in [-0.25, -0.2) is 0 Å². The van der Waals surface area contributed by atoms with Crippen LogP contribution in [-0.2, 0) is 0 Å². The summed E-state index contributed by atoms with van der Waals surface area (Å²) in [6.45, 7) is 7.46. The van der Waals surface area contributed by atoms with Crippen molar-refractivity contribution in [3.63, 3.8) is 0 Å². The molecule has 0 aliphatic rings. The van der Waals surface area contributed by atoms with Gasteiger partial charge < -0.3 is 16.2 Å². The number of nitrogen functional groups attached to an aromatic ring is 2. The molecule has 4 N–H and O–H groups in total. The average molecular weight is 449 g/mol. The maximum Gasteiger partial charge on any atom is 0.144 e. The lowest BCUT2D eigenvalue weighted by Gasteiger charge is -2.08. The summed E-state index contributed by atoms with van der Waals surface area (Å²) in [5, 5.41) is 0. The Labute approximate surface area is 201 Å². The van der Waals surface area contributed by atoms with Gasteiger partial charge in [0.1, 0.15) is 5.75 Å². The maximum absolute atomic E-state index is 5.72. The van der Waals surface area contributed by atoms with E-state index in [0.717, 1.165) is 6.42 Å². The van der Waals surface area contributed by atoms with Crippen LogP contribution in [0.2, 0.25) is 0 Å². The molecule has 0 fully saturated rings. The van der Waals surface area contributed by atoms with Crippen molar-refractivity contribution in [1.29, 1.82) is 0 Å². The van der Waals surface area contributed by atoms with E-state index in [-0.39, 0.29) is 0 Å². The summed E-state index contributed by atoms with van der Waals surface area (Å²) in [7, 11) is 0. The highest BCUT2D eigenvalue weighted by molar-refractivity contribution is 5.59. The van der Waals surface area contributed by atoms with Crippen LogP contribution in [0.4, 0.5) is 11.4 Å². The van der Waals surface area contributed by atoms with Crippen molar-refractivity contribution in [1.82, 2.24) is 0 Å². The lowest BCUT2D eigenvalue weighted by atomic mass is 10.0. The molecule has 0 aliphatic carbocycles. The van der Waals surface area contributed by atoms with E-state index in [2.05, 4.69) is 20.8 Å². The summed E-state index contributed by atoms with van der Waals surface area (Å²) in [5.41, 5.74) is 12.7. The highest BCUT2D eigenvalue weighted by atomic mass is 16.5. The zero-order chi connectivity index (χ0) is 23.7. The van der Waals surface area contributed by atoms with Gasteiger partial charge in [-0.2, -0.15) is 0 Å². The first-order valence-electron chi connectivity index (χ1n) is 13.9. The first-order chi connectivity index (χ1) is 15.7. The van der Waals surface area contributed by atoms with Gasteiger partial charge in [0.15, 0.2) is 0 Å². The second-order valence-electron chi connectivity index (χ2n) is 9.30. The molecule has 0 bridgehead atoms. The molecule has 3 heteroatoms. The van der Waals surface area contributed by atoms with E-state index < -0.39 is 0 Å². The molecule has 0 heterocycles. The highest BCUT2D eigenvalue weighted by Crippen LogP contribution is 2.24. The monoisotopic (exact) mass is 448 g/mol. The molecule has 0 aliphatic heterocycles. The number of benzene rings is 1. The molecular weight excluding hydrogens is 392 g/mol. The number of hydrogen-bond donors (Lipinski definition) is 2. The van der Waals surface area contributed by atoms with Crippen LogP contribution >= 0.6 is 0 Å². The number of anilines is 2. The SMILES string of the molecule is CCCCCCCCCCCCCCCCCC.CCCCCOc1cc(N)ccc1N. The van der Waals surface area contributed by atoms with Gasteiger partial charge in [0.05, 0.1) is 12.3 Å². The summed E-state index contributed by atoms with van der Waals surface area (Å²) in [6, 6.07) is 5.31. The normalized spacial score (nSPS) is 10.6. The zero-order valence-corrected chi connectivity index (χ0v) is 21.9.